The van der Waals surface area contributed by atoms with Crippen molar-refractivity contribution in [1.82, 2.24) is 14.8 Å². The third-order valence-corrected chi connectivity index (χ3v) is 3.73. The molecule has 18 heavy (non-hydrogen) atoms. The van der Waals surface area contributed by atoms with Crippen molar-refractivity contribution < 1.29 is 5.11 Å². The molecule has 4 nitrogen and oxygen atoms in total. The summed E-state index contributed by atoms with van der Waals surface area (Å²) in [6.45, 7) is 4.67. The Kier molecular flexibility index (Phi) is 4.38. The van der Waals surface area contributed by atoms with E-state index < -0.39 is 6.10 Å². The van der Waals surface area contributed by atoms with Crippen molar-refractivity contribution in [2.45, 2.75) is 37.1 Å². The second kappa shape index (κ2) is 6.02. The number of aryl methyl sites for hydroxylation is 1. The van der Waals surface area contributed by atoms with Crippen LogP contribution < -0.4 is 0 Å². The van der Waals surface area contributed by atoms with Crippen molar-refractivity contribution in [3.8, 4) is 0 Å². The molecule has 1 unspecified atom stereocenters. The molecule has 96 valence electrons. The van der Waals surface area contributed by atoms with Crippen molar-refractivity contribution >= 4 is 11.8 Å². The summed E-state index contributed by atoms with van der Waals surface area (Å²) in [5, 5.41) is 13.6. The zero-order chi connectivity index (χ0) is 13.0. The monoisotopic (exact) mass is 263 g/mol. The van der Waals surface area contributed by atoms with E-state index in [9.17, 15) is 5.11 Å². The topological polar surface area (TPSA) is 50.9 Å². The first-order chi connectivity index (χ1) is 8.70. The Morgan fingerprint density at radius 2 is 2.06 bits per heavy atom. The first-order valence-electron chi connectivity index (χ1n) is 5.98. The molecule has 0 saturated heterocycles. The lowest BCUT2D eigenvalue weighted by Gasteiger charge is -2.06. The first-order valence-corrected chi connectivity index (χ1v) is 6.96. The molecule has 1 aromatic carbocycles. The maximum Gasteiger partial charge on any atom is 0.138 e. The summed E-state index contributed by atoms with van der Waals surface area (Å²) < 4.78 is 1.90. The SMILES string of the molecule is CCn1ncnc1CSc1ccc(C(C)O)cc1. The van der Waals surface area contributed by atoms with Gasteiger partial charge in [0.15, 0.2) is 0 Å². The van der Waals surface area contributed by atoms with Gasteiger partial charge in [0.05, 0.1) is 11.9 Å². The minimum atomic E-state index is -0.410. The summed E-state index contributed by atoms with van der Waals surface area (Å²) in [4.78, 5) is 5.41. The summed E-state index contributed by atoms with van der Waals surface area (Å²) in [6.07, 6.45) is 1.18. The van der Waals surface area contributed by atoms with Crippen LogP contribution >= 0.6 is 11.8 Å². The minimum Gasteiger partial charge on any atom is -0.389 e. The Morgan fingerprint density at radius 1 is 1.33 bits per heavy atom. The number of aliphatic hydroxyl groups excluding tert-OH is 1. The molecular formula is C13H17N3OS. The van der Waals surface area contributed by atoms with Gasteiger partial charge in [0.2, 0.25) is 0 Å². The lowest BCUT2D eigenvalue weighted by atomic mass is 10.1. The van der Waals surface area contributed by atoms with Crippen LogP contribution in [0.5, 0.6) is 0 Å². The highest BCUT2D eigenvalue weighted by Crippen LogP contribution is 2.23. The van der Waals surface area contributed by atoms with Crippen LogP contribution in [0.2, 0.25) is 0 Å². The van der Waals surface area contributed by atoms with Gasteiger partial charge in [-0.2, -0.15) is 5.10 Å². The molecule has 0 saturated carbocycles. The molecular weight excluding hydrogens is 246 g/mol. The Bertz CT molecular complexity index is 493. The predicted molar refractivity (Wildman–Crippen MR) is 72.3 cm³/mol. The Labute approximate surface area is 111 Å². The van der Waals surface area contributed by atoms with Crippen molar-refractivity contribution in [2.24, 2.45) is 0 Å². The average molecular weight is 263 g/mol. The van der Waals surface area contributed by atoms with E-state index in [0.29, 0.717) is 0 Å². The largest absolute Gasteiger partial charge is 0.389 e. The van der Waals surface area contributed by atoms with Gasteiger partial charge in [-0.1, -0.05) is 12.1 Å². The maximum atomic E-state index is 9.43. The van der Waals surface area contributed by atoms with E-state index >= 15 is 0 Å². The Hall–Kier alpha value is -1.33. The molecule has 0 aliphatic carbocycles. The fourth-order valence-electron chi connectivity index (χ4n) is 1.65. The molecule has 0 radical (unpaired) electrons. The van der Waals surface area contributed by atoms with Crippen LogP contribution in [0, 0.1) is 0 Å². The third-order valence-electron chi connectivity index (χ3n) is 2.73. The summed E-state index contributed by atoms with van der Waals surface area (Å²) in [6, 6.07) is 7.97. The van der Waals surface area contributed by atoms with E-state index in [1.807, 2.05) is 28.9 Å². The number of hydrogen-bond donors (Lipinski definition) is 1. The Balaban J connectivity index is 1.98. The second-order valence-electron chi connectivity index (χ2n) is 4.03. The molecule has 1 atom stereocenters. The van der Waals surface area contributed by atoms with Crippen molar-refractivity contribution in [3.05, 3.63) is 42.0 Å². The molecule has 0 fully saturated rings. The predicted octanol–water partition coefficient (Wildman–Crippen LogP) is 2.64. The first kappa shape index (κ1) is 13.1. The molecule has 0 aliphatic rings. The molecule has 1 N–H and O–H groups in total. The van der Waals surface area contributed by atoms with Gasteiger partial charge in [-0.15, -0.1) is 11.8 Å². The average Bonchev–Trinajstić information content (AvgIpc) is 2.84. The van der Waals surface area contributed by atoms with Gasteiger partial charge in [-0.25, -0.2) is 9.67 Å². The van der Waals surface area contributed by atoms with E-state index in [0.717, 1.165) is 23.7 Å². The van der Waals surface area contributed by atoms with Crippen LogP contribution in [0.25, 0.3) is 0 Å². The van der Waals surface area contributed by atoms with E-state index in [2.05, 4.69) is 17.0 Å². The van der Waals surface area contributed by atoms with Gasteiger partial charge in [-0.05, 0) is 31.5 Å². The maximum absolute atomic E-state index is 9.43. The molecule has 5 heteroatoms. The summed E-state index contributed by atoms with van der Waals surface area (Å²) in [7, 11) is 0. The Morgan fingerprint density at radius 3 is 2.67 bits per heavy atom. The molecule has 1 aromatic heterocycles. The molecule has 2 aromatic rings. The van der Waals surface area contributed by atoms with Crippen molar-refractivity contribution in [2.75, 3.05) is 0 Å². The van der Waals surface area contributed by atoms with Gasteiger partial charge in [-0.3, -0.25) is 0 Å². The highest BCUT2D eigenvalue weighted by Gasteiger charge is 2.04. The lowest BCUT2D eigenvalue weighted by molar-refractivity contribution is 0.199. The van der Waals surface area contributed by atoms with Crippen LogP contribution in [0.3, 0.4) is 0 Å². The number of rotatable bonds is 5. The fourth-order valence-corrected chi connectivity index (χ4v) is 2.50. The quantitative estimate of drug-likeness (QED) is 0.843. The van der Waals surface area contributed by atoms with E-state index in [-0.39, 0.29) is 0 Å². The van der Waals surface area contributed by atoms with Crippen LogP contribution in [-0.2, 0) is 12.3 Å². The van der Waals surface area contributed by atoms with Gasteiger partial charge in [0, 0.05) is 11.4 Å². The molecule has 0 spiro atoms. The lowest BCUT2D eigenvalue weighted by Crippen LogP contribution is -2.01. The third kappa shape index (κ3) is 3.11. The summed E-state index contributed by atoms with van der Waals surface area (Å²) in [5.41, 5.74) is 0.941. The normalized spacial score (nSPS) is 12.6. The van der Waals surface area contributed by atoms with Crippen LogP contribution in [-0.4, -0.2) is 19.9 Å². The fraction of sp³-hybridized carbons (Fsp3) is 0.385. The molecule has 0 bridgehead atoms. The zero-order valence-electron chi connectivity index (χ0n) is 10.6. The minimum absolute atomic E-state index is 0.410. The van der Waals surface area contributed by atoms with Crippen LogP contribution in [0.1, 0.15) is 31.3 Å². The number of hydrogen-bond acceptors (Lipinski definition) is 4. The van der Waals surface area contributed by atoms with Gasteiger partial charge < -0.3 is 5.11 Å². The van der Waals surface area contributed by atoms with E-state index in [1.54, 1.807) is 25.0 Å². The van der Waals surface area contributed by atoms with Crippen LogP contribution in [0.4, 0.5) is 0 Å². The standard InChI is InChI=1S/C13H17N3OS/c1-3-16-13(14-9-15-16)8-18-12-6-4-11(5-7-12)10(2)17/h4-7,9-10,17H,3,8H2,1-2H3. The second-order valence-corrected chi connectivity index (χ2v) is 5.07. The van der Waals surface area contributed by atoms with E-state index in [1.165, 1.54) is 4.90 Å². The number of nitrogens with zero attached hydrogens (tertiary/aromatic N) is 3. The smallest absolute Gasteiger partial charge is 0.138 e. The zero-order valence-corrected chi connectivity index (χ0v) is 11.4. The molecule has 1 heterocycles. The summed E-state index contributed by atoms with van der Waals surface area (Å²) >= 11 is 1.72. The highest BCUT2D eigenvalue weighted by atomic mass is 32.2. The number of aromatic nitrogens is 3. The van der Waals surface area contributed by atoms with Gasteiger partial charge >= 0.3 is 0 Å². The number of thioether (sulfide) groups is 1. The van der Waals surface area contributed by atoms with Crippen molar-refractivity contribution in [3.63, 3.8) is 0 Å². The summed E-state index contributed by atoms with van der Waals surface area (Å²) in [5.74, 6) is 1.80. The van der Waals surface area contributed by atoms with Gasteiger partial charge in [0.1, 0.15) is 12.2 Å². The molecule has 0 aliphatic heterocycles. The van der Waals surface area contributed by atoms with Gasteiger partial charge in [0.25, 0.3) is 0 Å². The van der Waals surface area contributed by atoms with Crippen molar-refractivity contribution in [1.29, 1.82) is 0 Å². The highest BCUT2D eigenvalue weighted by molar-refractivity contribution is 7.98. The van der Waals surface area contributed by atoms with E-state index in [4.69, 9.17) is 0 Å². The number of aliphatic hydroxyl groups is 1. The molecule has 2 rings (SSSR count). The number of benzene rings is 1. The molecule has 0 amide bonds. The van der Waals surface area contributed by atoms with Crippen LogP contribution in [0.15, 0.2) is 35.5 Å².